The molecule has 2 aliphatic heterocycles. The Morgan fingerprint density at radius 3 is 2.61 bits per heavy atom. The fourth-order valence-corrected chi connectivity index (χ4v) is 4.17. The van der Waals surface area contributed by atoms with Crippen molar-refractivity contribution < 1.29 is 9.53 Å². The molecule has 0 radical (unpaired) electrons. The normalized spacial score (nSPS) is 19.9. The zero-order chi connectivity index (χ0) is 19.5. The van der Waals surface area contributed by atoms with Gasteiger partial charge in [-0.05, 0) is 30.7 Å². The average molecular weight is 380 g/mol. The molecule has 1 unspecified atom stereocenters. The van der Waals surface area contributed by atoms with E-state index in [9.17, 15) is 4.79 Å². The number of ether oxygens (including phenoxy) is 1. The molecule has 5 nitrogen and oxygen atoms in total. The Labute approximate surface area is 167 Å². The minimum absolute atomic E-state index is 0.173. The third-order valence-corrected chi connectivity index (χ3v) is 5.92. The zero-order valence-corrected chi connectivity index (χ0v) is 16.8. The third kappa shape index (κ3) is 4.21. The molecule has 4 rings (SSSR count). The lowest BCUT2D eigenvalue weighted by atomic mass is 9.94. The van der Waals surface area contributed by atoms with Gasteiger partial charge in [-0.2, -0.15) is 0 Å². The monoisotopic (exact) mass is 379 g/mol. The van der Waals surface area contributed by atoms with Crippen LogP contribution in [0.15, 0.2) is 48.5 Å². The predicted molar refractivity (Wildman–Crippen MR) is 110 cm³/mol. The Morgan fingerprint density at radius 2 is 1.79 bits per heavy atom. The summed E-state index contributed by atoms with van der Waals surface area (Å²) in [5, 5.41) is 0. The summed E-state index contributed by atoms with van der Waals surface area (Å²) >= 11 is 0. The number of carbonyl (C=O) groups is 1. The van der Waals surface area contributed by atoms with E-state index in [1.54, 1.807) is 0 Å². The molecule has 0 saturated carbocycles. The molecule has 2 aromatic carbocycles. The summed E-state index contributed by atoms with van der Waals surface area (Å²) in [7, 11) is 4.08. The molecule has 148 valence electrons. The van der Waals surface area contributed by atoms with Crippen LogP contribution in [0.5, 0.6) is 5.75 Å². The SMILES string of the molecule is CN(CC1Cc2ccccc2CN1C)C(=O)CN1CCOc2ccccc2C1. The maximum absolute atomic E-state index is 12.9. The number of para-hydroxylation sites is 1. The molecule has 1 amide bonds. The summed E-state index contributed by atoms with van der Waals surface area (Å²) in [5.41, 5.74) is 3.96. The average Bonchev–Trinajstić information content (AvgIpc) is 2.90. The van der Waals surface area contributed by atoms with Gasteiger partial charge in [0.15, 0.2) is 0 Å². The molecule has 0 aliphatic carbocycles. The van der Waals surface area contributed by atoms with E-state index in [1.807, 2.05) is 30.1 Å². The van der Waals surface area contributed by atoms with E-state index in [-0.39, 0.29) is 5.91 Å². The van der Waals surface area contributed by atoms with Crippen LogP contribution in [-0.2, 0) is 24.3 Å². The molecular weight excluding hydrogens is 350 g/mol. The molecule has 2 aromatic rings. The lowest BCUT2D eigenvalue weighted by molar-refractivity contribution is -0.132. The predicted octanol–water partition coefficient (Wildman–Crippen LogP) is 2.40. The Balaban J connectivity index is 1.35. The Bertz CT molecular complexity index is 838. The van der Waals surface area contributed by atoms with Crippen molar-refractivity contribution in [3.05, 3.63) is 65.2 Å². The van der Waals surface area contributed by atoms with E-state index in [1.165, 1.54) is 11.1 Å². The van der Waals surface area contributed by atoms with E-state index in [0.717, 1.165) is 43.9 Å². The first kappa shape index (κ1) is 19.0. The summed E-state index contributed by atoms with van der Waals surface area (Å²) < 4.78 is 5.82. The van der Waals surface area contributed by atoms with Gasteiger partial charge in [0.25, 0.3) is 0 Å². The highest BCUT2D eigenvalue weighted by atomic mass is 16.5. The zero-order valence-electron chi connectivity index (χ0n) is 16.8. The van der Waals surface area contributed by atoms with Crippen molar-refractivity contribution >= 4 is 5.91 Å². The van der Waals surface area contributed by atoms with Gasteiger partial charge in [0.2, 0.25) is 5.91 Å². The first-order chi connectivity index (χ1) is 13.6. The van der Waals surface area contributed by atoms with E-state index in [0.29, 0.717) is 19.2 Å². The van der Waals surface area contributed by atoms with Crippen LogP contribution in [-0.4, -0.2) is 67.0 Å². The second-order valence-electron chi connectivity index (χ2n) is 7.98. The standard InChI is InChI=1S/C23H29N3O2/c1-24-14-19-8-4-3-7-18(19)13-21(24)16-25(2)23(27)17-26-11-12-28-22-10-6-5-9-20(22)15-26/h3-10,21H,11-17H2,1-2H3. The number of hydrogen-bond acceptors (Lipinski definition) is 4. The smallest absolute Gasteiger partial charge is 0.236 e. The molecule has 0 fully saturated rings. The van der Waals surface area contributed by atoms with Gasteiger partial charge in [-0.15, -0.1) is 0 Å². The molecular formula is C23H29N3O2. The minimum atomic E-state index is 0.173. The maximum atomic E-state index is 12.9. The summed E-state index contributed by atoms with van der Waals surface area (Å²) in [6, 6.07) is 17.1. The van der Waals surface area contributed by atoms with Gasteiger partial charge in [0.05, 0.1) is 6.54 Å². The first-order valence-electron chi connectivity index (χ1n) is 10.0. The largest absolute Gasteiger partial charge is 0.492 e. The van der Waals surface area contributed by atoms with Gasteiger partial charge in [-0.25, -0.2) is 0 Å². The van der Waals surface area contributed by atoms with Crippen LogP contribution >= 0.6 is 0 Å². The highest BCUT2D eigenvalue weighted by molar-refractivity contribution is 5.78. The van der Waals surface area contributed by atoms with Crippen LogP contribution in [0.4, 0.5) is 0 Å². The van der Waals surface area contributed by atoms with Crippen LogP contribution in [0.2, 0.25) is 0 Å². The van der Waals surface area contributed by atoms with Crippen LogP contribution < -0.4 is 4.74 Å². The maximum Gasteiger partial charge on any atom is 0.236 e. The van der Waals surface area contributed by atoms with Gasteiger partial charge in [-0.3, -0.25) is 14.6 Å². The summed E-state index contributed by atoms with van der Waals surface area (Å²) in [6.45, 7) is 4.28. The first-order valence-corrected chi connectivity index (χ1v) is 10.0. The molecule has 0 N–H and O–H groups in total. The molecule has 28 heavy (non-hydrogen) atoms. The third-order valence-electron chi connectivity index (χ3n) is 5.92. The van der Waals surface area contributed by atoms with E-state index >= 15 is 0 Å². The van der Waals surface area contributed by atoms with Crippen LogP contribution in [0.25, 0.3) is 0 Å². The minimum Gasteiger partial charge on any atom is -0.492 e. The van der Waals surface area contributed by atoms with Crippen molar-refractivity contribution in [2.24, 2.45) is 0 Å². The Morgan fingerprint density at radius 1 is 1.07 bits per heavy atom. The summed E-state index contributed by atoms with van der Waals surface area (Å²) in [6.07, 6.45) is 0.995. The fourth-order valence-electron chi connectivity index (χ4n) is 4.17. The summed E-state index contributed by atoms with van der Waals surface area (Å²) in [4.78, 5) is 19.3. The Hall–Kier alpha value is -2.37. The van der Waals surface area contributed by atoms with E-state index in [2.05, 4.69) is 47.2 Å². The molecule has 2 aliphatic rings. The number of amides is 1. The van der Waals surface area contributed by atoms with Crippen LogP contribution in [0.1, 0.15) is 16.7 Å². The number of benzene rings is 2. The van der Waals surface area contributed by atoms with Gasteiger partial charge in [0.1, 0.15) is 12.4 Å². The van der Waals surface area contributed by atoms with Crippen molar-refractivity contribution in [3.63, 3.8) is 0 Å². The fraction of sp³-hybridized carbons (Fsp3) is 0.435. The van der Waals surface area contributed by atoms with E-state index in [4.69, 9.17) is 4.74 Å². The molecule has 0 aromatic heterocycles. The second-order valence-corrected chi connectivity index (χ2v) is 7.98. The molecule has 2 heterocycles. The van der Waals surface area contributed by atoms with Gasteiger partial charge in [0, 0.05) is 44.8 Å². The van der Waals surface area contributed by atoms with Crippen molar-refractivity contribution in [1.82, 2.24) is 14.7 Å². The number of rotatable bonds is 4. The van der Waals surface area contributed by atoms with Gasteiger partial charge in [-0.1, -0.05) is 42.5 Å². The van der Waals surface area contributed by atoms with Crippen molar-refractivity contribution in [1.29, 1.82) is 0 Å². The second kappa shape index (κ2) is 8.33. The lowest BCUT2D eigenvalue weighted by Crippen LogP contribution is -2.48. The number of fused-ring (bicyclic) bond motifs is 2. The van der Waals surface area contributed by atoms with Crippen molar-refractivity contribution in [3.8, 4) is 5.75 Å². The number of hydrogen-bond donors (Lipinski definition) is 0. The van der Waals surface area contributed by atoms with Crippen LogP contribution in [0.3, 0.4) is 0 Å². The molecule has 5 heteroatoms. The molecule has 1 atom stereocenters. The number of nitrogens with zero attached hydrogens (tertiary/aromatic N) is 3. The molecule has 0 saturated heterocycles. The topological polar surface area (TPSA) is 36.0 Å². The van der Waals surface area contributed by atoms with E-state index < -0.39 is 0 Å². The summed E-state index contributed by atoms with van der Waals surface area (Å²) in [5.74, 6) is 1.11. The Kier molecular flexibility index (Phi) is 5.64. The number of likely N-dealkylation sites (N-methyl/N-ethyl adjacent to an activating group) is 2. The van der Waals surface area contributed by atoms with Gasteiger partial charge >= 0.3 is 0 Å². The lowest BCUT2D eigenvalue weighted by Gasteiger charge is -2.36. The molecule has 0 spiro atoms. The highest BCUT2D eigenvalue weighted by Gasteiger charge is 2.26. The number of carbonyl (C=O) groups excluding carboxylic acids is 1. The van der Waals surface area contributed by atoms with Crippen molar-refractivity contribution in [2.75, 3.05) is 40.3 Å². The van der Waals surface area contributed by atoms with Crippen LogP contribution in [0, 0.1) is 0 Å². The van der Waals surface area contributed by atoms with Gasteiger partial charge < -0.3 is 9.64 Å². The van der Waals surface area contributed by atoms with Crippen molar-refractivity contribution in [2.45, 2.75) is 25.6 Å². The molecule has 0 bridgehead atoms. The highest BCUT2D eigenvalue weighted by Crippen LogP contribution is 2.23. The quantitative estimate of drug-likeness (QED) is 0.817.